The maximum atomic E-state index is 14.1. The van der Waals surface area contributed by atoms with Crippen molar-refractivity contribution < 1.29 is 19.1 Å². The first kappa shape index (κ1) is 22.6. The van der Waals surface area contributed by atoms with E-state index in [9.17, 15) is 9.59 Å². The van der Waals surface area contributed by atoms with Crippen molar-refractivity contribution in [1.82, 2.24) is 9.80 Å². The third-order valence-corrected chi connectivity index (χ3v) is 6.97. The maximum Gasteiger partial charge on any atom is 0.233 e. The molecule has 0 radical (unpaired) electrons. The molecule has 2 aliphatic heterocycles. The number of hydrogen-bond acceptors (Lipinski definition) is 4. The van der Waals surface area contributed by atoms with Gasteiger partial charge in [-0.2, -0.15) is 0 Å². The van der Waals surface area contributed by atoms with Gasteiger partial charge in [-0.1, -0.05) is 41.9 Å². The summed E-state index contributed by atoms with van der Waals surface area (Å²) in [7, 11) is 1.63. The molecule has 7 heteroatoms. The van der Waals surface area contributed by atoms with Crippen LogP contribution in [0.4, 0.5) is 0 Å². The van der Waals surface area contributed by atoms with E-state index in [4.69, 9.17) is 21.1 Å². The Kier molecular flexibility index (Phi) is 6.72. The minimum absolute atomic E-state index is 0.00788. The number of ether oxygens (including phenoxy) is 2. The van der Waals surface area contributed by atoms with Gasteiger partial charge < -0.3 is 19.3 Å². The van der Waals surface area contributed by atoms with Crippen molar-refractivity contribution >= 4 is 23.4 Å². The van der Waals surface area contributed by atoms with Crippen LogP contribution in [-0.2, 0) is 19.7 Å². The first-order valence-corrected chi connectivity index (χ1v) is 11.4. The van der Waals surface area contributed by atoms with Crippen LogP contribution in [0.15, 0.2) is 48.5 Å². The Labute approximate surface area is 194 Å². The van der Waals surface area contributed by atoms with Gasteiger partial charge in [-0.25, -0.2) is 0 Å². The van der Waals surface area contributed by atoms with Crippen LogP contribution in [0.3, 0.4) is 0 Å². The van der Waals surface area contributed by atoms with Crippen LogP contribution in [0.1, 0.15) is 36.9 Å². The first-order valence-electron chi connectivity index (χ1n) is 11.0. The van der Waals surface area contributed by atoms with Gasteiger partial charge in [-0.15, -0.1) is 0 Å². The quantitative estimate of drug-likeness (QED) is 0.701. The SMILES string of the molecule is COc1ccccc1[C@@H]1CN(C(=O)C2(c3ccc(Cl)cc3)CCOCC2)CCN1C(C)=O. The van der Waals surface area contributed by atoms with Crippen LogP contribution < -0.4 is 4.74 Å². The Morgan fingerprint density at radius 3 is 2.41 bits per heavy atom. The standard InChI is InChI=1S/C25H29ClN2O4/c1-18(29)28-14-13-27(17-22(28)21-5-3-4-6-23(21)31-2)24(30)25(11-15-32-16-12-25)19-7-9-20(26)10-8-19/h3-10,22H,11-17H2,1-2H3/t22-/m0/s1. The van der Waals surface area contributed by atoms with E-state index in [-0.39, 0.29) is 17.9 Å². The Morgan fingerprint density at radius 1 is 1.06 bits per heavy atom. The van der Waals surface area contributed by atoms with Gasteiger partial charge in [0, 0.05) is 50.4 Å². The molecule has 0 N–H and O–H groups in total. The van der Waals surface area contributed by atoms with Crippen LogP contribution in [0.2, 0.25) is 5.02 Å². The summed E-state index contributed by atoms with van der Waals surface area (Å²) in [5.41, 5.74) is 1.24. The fourth-order valence-electron chi connectivity index (χ4n) is 4.97. The topological polar surface area (TPSA) is 59.1 Å². The van der Waals surface area contributed by atoms with Gasteiger partial charge in [-0.3, -0.25) is 9.59 Å². The molecule has 2 saturated heterocycles. The molecule has 0 aliphatic carbocycles. The molecular weight excluding hydrogens is 428 g/mol. The molecule has 2 heterocycles. The van der Waals surface area contributed by atoms with Crippen LogP contribution in [0.5, 0.6) is 5.75 Å². The van der Waals surface area contributed by atoms with Gasteiger partial charge in [0.2, 0.25) is 11.8 Å². The number of halogens is 1. The van der Waals surface area contributed by atoms with Crippen molar-refractivity contribution in [1.29, 1.82) is 0 Å². The van der Waals surface area contributed by atoms with E-state index in [0.717, 1.165) is 16.9 Å². The van der Waals surface area contributed by atoms with Gasteiger partial charge >= 0.3 is 0 Å². The van der Waals surface area contributed by atoms with Crippen molar-refractivity contribution in [3.05, 3.63) is 64.7 Å². The van der Waals surface area contributed by atoms with Crippen LogP contribution >= 0.6 is 11.6 Å². The fraction of sp³-hybridized carbons (Fsp3) is 0.440. The Morgan fingerprint density at radius 2 is 1.75 bits per heavy atom. The summed E-state index contributed by atoms with van der Waals surface area (Å²) < 4.78 is 11.2. The third kappa shape index (κ3) is 4.21. The van der Waals surface area contributed by atoms with E-state index in [1.54, 1.807) is 14.0 Å². The minimum Gasteiger partial charge on any atom is -0.496 e. The van der Waals surface area contributed by atoms with Gasteiger partial charge in [-0.05, 0) is 36.6 Å². The summed E-state index contributed by atoms with van der Waals surface area (Å²) in [6.07, 6.45) is 1.25. The monoisotopic (exact) mass is 456 g/mol. The van der Waals surface area contributed by atoms with E-state index in [0.29, 0.717) is 50.7 Å². The van der Waals surface area contributed by atoms with Crippen molar-refractivity contribution in [3.63, 3.8) is 0 Å². The molecule has 0 saturated carbocycles. The molecule has 6 nitrogen and oxygen atoms in total. The second-order valence-corrected chi connectivity index (χ2v) is 8.86. The Balaban J connectivity index is 1.68. The van der Waals surface area contributed by atoms with Gasteiger partial charge in [0.05, 0.1) is 18.6 Å². The molecule has 0 unspecified atom stereocenters. The molecule has 32 heavy (non-hydrogen) atoms. The van der Waals surface area contributed by atoms with E-state index < -0.39 is 5.41 Å². The average molecular weight is 457 g/mol. The minimum atomic E-state index is -0.646. The zero-order valence-electron chi connectivity index (χ0n) is 18.6. The number of carbonyl (C=O) groups excluding carboxylic acids is 2. The van der Waals surface area contributed by atoms with E-state index in [2.05, 4.69) is 0 Å². The smallest absolute Gasteiger partial charge is 0.233 e. The zero-order chi connectivity index (χ0) is 22.7. The molecule has 0 bridgehead atoms. The van der Waals surface area contributed by atoms with Crippen LogP contribution in [-0.4, -0.2) is 61.6 Å². The van der Waals surface area contributed by atoms with Crippen LogP contribution in [0, 0.1) is 0 Å². The number of carbonyl (C=O) groups is 2. The van der Waals surface area contributed by atoms with Gasteiger partial charge in [0.15, 0.2) is 0 Å². The van der Waals surface area contributed by atoms with Gasteiger partial charge in [0.1, 0.15) is 5.75 Å². The van der Waals surface area contributed by atoms with Crippen molar-refractivity contribution in [2.75, 3.05) is 40.0 Å². The van der Waals surface area contributed by atoms with E-state index in [1.807, 2.05) is 58.3 Å². The number of para-hydroxylation sites is 1. The highest BCUT2D eigenvalue weighted by Gasteiger charge is 2.46. The number of piperazine rings is 1. The molecule has 2 aromatic rings. The second kappa shape index (κ2) is 9.51. The molecule has 170 valence electrons. The molecule has 1 atom stereocenters. The summed E-state index contributed by atoms with van der Waals surface area (Å²) in [6.45, 7) is 4.06. The molecule has 0 aromatic heterocycles. The molecule has 4 rings (SSSR count). The molecule has 0 spiro atoms. The molecule has 2 aromatic carbocycles. The summed E-state index contributed by atoms with van der Waals surface area (Å²) >= 11 is 6.12. The fourth-order valence-corrected chi connectivity index (χ4v) is 5.10. The first-order chi connectivity index (χ1) is 15.5. The second-order valence-electron chi connectivity index (χ2n) is 8.42. The van der Waals surface area contributed by atoms with E-state index >= 15 is 0 Å². The number of nitrogens with zero attached hydrogens (tertiary/aromatic N) is 2. The lowest BCUT2D eigenvalue weighted by atomic mass is 9.72. The number of benzene rings is 2. The number of amides is 2. The summed E-state index contributed by atoms with van der Waals surface area (Å²) in [5.74, 6) is 0.800. The number of rotatable bonds is 4. The number of methoxy groups -OCH3 is 1. The molecule has 2 aliphatic rings. The predicted molar refractivity (Wildman–Crippen MR) is 123 cm³/mol. The summed E-state index contributed by atoms with van der Waals surface area (Å²) in [5, 5.41) is 0.648. The number of hydrogen-bond donors (Lipinski definition) is 0. The molecule has 2 amide bonds. The normalized spacial score (nSPS) is 20.7. The molecule has 2 fully saturated rings. The summed E-state index contributed by atoms with van der Waals surface area (Å²) in [4.78, 5) is 30.2. The predicted octanol–water partition coefficient (Wildman–Crippen LogP) is 3.83. The molecular formula is C25H29ClN2O4. The zero-order valence-corrected chi connectivity index (χ0v) is 19.3. The lowest BCUT2D eigenvalue weighted by Gasteiger charge is -2.46. The lowest BCUT2D eigenvalue weighted by Crippen LogP contribution is -2.57. The van der Waals surface area contributed by atoms with E-state index in [1.165, 1.54) is 0 Å². The summed E-state index contributed by atoms with van der Waals surface area (Å²) in [6, 6.07) is 15.0. The highest BCUT2D eigenvalue weighted by molar-refractivity contribution is 6.30. The van der Waals surface area contributed by atoms with Crippen molar-refractivity contribution in [3.8, 4) is 5.75 Å². The largest absolute Gasteiger partial charge is 0.496 e. The third-order valence-electron chi connectivity index (χ3n) is 6.72. The van der Waals surface area contributed by atoms with Gasteiger partial charge in [0.25, 0.3) is 0 Å². The van der Waals surface area contributed by atoms with Crippen molar-refractivity contribution in [2.45, 2.75) is 31.2 Å². The highest BCUT2D eigenvalue weighted by atomic mass is 35.5. The average Bonchev–Trinajstić information content (AvgIpc) is 2.84. The maximum absolute atomic E-state index is 14.1. The highest BCUT2D eigenvalue weighted by Crippen LogP contribution is 2.39. The Hall–Kier alpha value is -2.57. The van der Waals surface area contributed by atoms with Crippen molar-refractivity contribution in [2.24, 2.45) is 0 Å². The Bertz CT molecular complexity index is 972. The lowest BCUT2D eigenvalue weighted by molar-refractivity contribution is -0.148. The van der Waals surface area contributed by atoms with Crippen LogP contribution in [0.25, 0.3) is 0 Å².